The number of para-hydroxylation sites is 1. The maximum Gasteiger partial charge on any atom is 0.199 e. The van der Waals surface area contributed by atoms with E-state index in [4.69, 9.17) is 16.0 Å². The lowest BCUT2D eigenvalue weighted by Crippen LogP contribution is -2.13. The van der Waals surface area contributed by atoms with Gasteiger partial charge in [0.25, 0.3) is 0 Å². The summed E-state index contributed by atoms with van der Waals surface area (Å²) in [7, 11) is 0. The van der Waals surface area contributed by atoms with Crippen LogP contribution in [0.1, 0.15) is 23.6 Å². The standard InChI is InChI=1S/C18H18ClNO/c1-2-13-7-3-4-8-14(13)11-20-12-16-15-9-5-6-10-17(15)21-18(16)19/h3-10,20H,2,11-12H2,1H3. The van der Waals surface area contributed by atoms with Crippen molar-refractivity contribution in [3.05, 3.63) is 70.4 Å². The molecular weight excluding hydrogens is 282 g/mol. The first-order valence-corrected chi connectivity index (χ1v) is 7.60. The maximum absolute atomic E-state index is 6.20. The minimum absolute atomic E-state index is 0.479. The van der Waals surface area contributed by atoms with Crippen molar-refractivity contribution >= 4 is 22.6 Å². The Morgan fingerprint density at radius 1 is 0.952 bits per heavy atom. The van der Waals surface area contributed by atoms with Gasteiger partial charge in [-0.05, 0) is 35.2 Å². The summed E-state index contributed by atoms with van der Waals surface area (Å²) in [5, 5.41) is 5.03. The van der Waals surface area contributed by atoms with E-state index >= 15 is 0 Å². The second-order valence-corrected chi connectivity index (χ2v) is 5.42. The van der Waals surface area contributed by atoms with Crippen LogP contribution in [0.15, 0.2) is 52.9 Å². The summed E-state index contributed by atoms with van der Waals surface area (Å²) < 4.78 is 5.57. The average molecular weight is 300 g/mol. The fraction of sp³-hybridized carbons (Fsp3) is 0.222. The van der Waals surface area contributed by atoms with Gasteiger partial charge in [-0.15, -0.1) is 0 Å². The molecule has 3 aromatic rings. The molecule has 0 aliphatic rings. The van der Waals surface area contributed by atoms with Gasteiger partial charge in [0.05, 0.1) is 0 Å². The van der Waals surface area contributed by atoms with Crippen molar-refractivity contribution < 1.29 is 4.42 Å². The van der Waals surface area contributed by atoms with Crippen LogP contribution in [0.25, 0.3) is 11.0 Å². The number of halogens is 1. The van der Waals surface area contributed by atoms with Gasteiger partial charge in [0.15, 0.2) is 5.22 Å². The predicted octanol–water partition coefficient (Wildman–Crippen LogP) is 4.94. The van der Waals surface area contributed by atoms with Gasteiger partial charge in [0.2, 0.25) is 0 Å². The van der Waals surface area contributed by atoms with Crippen LogP contribution in [0.4, 0.5) is 0 Å². The zero-order valence-electron chi connectivity index (χ0n) is 12.0. The monoisotopic (exact) mass is 299 g/mol. The highest BCUT2D eigenvalue weighted by molar-refractivity contribution is 6.30. The van der Waals surface area contributed by atoms with Gasteiger partial charge in [-0.3, -0.25) is 0 Å². The van der Waals surface area contributed by atoms with Crippen molar-refractivity contribution in [1.29, 1.82) is 0 Å². The summed E-state index contributed by atoms with van der Waals surface area (Å²) >= 11 is 6.20. The molecule has 3 heteroatoms. The smallest absolute Gasteiger partial charge is 0.199 e. The van der Waals surface area contributed by atoms with Crippen molar-refractivity contribution in [3.63, 3.8) is 0 Å². The molecule has 0 saturated carbocycles. The molecule has 21 heavy (non-hydrogen) atoms. The van der Waals surface area contributed by atoms with Gasteiger partial charge >= 0.3 is 0 Å². The van der Waals surface area contributed by atoms with Crippen LogP contribution in [0, 0.1) is 0 Å². The van der Waals surface area contributed by atoms with Gasteiger partial charge in [0, 0.05) is 24.0 Å². The van der Waals surface area contributed by atoms with E-state index in [1.807, 2.05) is 24.3 Å². The molecular formula is C18H18ClNO. The second kappa shape index (κ2) is 6.33. The van der Waals surface area contributed by atoms with Crippen LogP contribution in [0.3, 0.4) is 0 Å². The van der Waals surface area contributed by atoms with Crippen LogP contribution in [0.5, 0.6) is 0 Å². The third kappa shape index (κ3) is 2.97. The van der Waals surface area contributed by atoms with E-state index in [0.717, 1.165) is 29.5 Å². The number of fused-ring (bicyclic) bond motifs is 1. The number of hydrogen-bond donors (Lipinski definition) is 1. The van der Waals surface area contributed by atoms with Gasteiger partial charge in [-0.1, -0.05) is 49.4 Å². The average Bonchev–Trinajstić information content (AvgIpc) is 2.84. The first-order chi connectivity index (χ1) is 10.3. The van der Waals surface area contributed by atoms with Gasteiger partial charge in [0.1, 0.15) is 5.58 Å². The molecule has 1 aromatic heterocycles. The van der Waals surface area contributed by atoms with Crippen LogP contribution < -0.4 is 5.32 Å². The highest BCUT2D eigenvalue weighted by Crippen LogP contribution is 2.29. The minimum Gasteiger partial charge on any atom is -0.444 e. The van der Waals surface area contributed by atoms with E-state index in [9.17, 15) is 0 Å². The van der Waals surface area contributed by atoms with Crippen LogP contribution in [0.2, 0.25) is 5.22 Å². The molecule has 0 radical (unpaired) electrons. The van der Waals surface area contributed by atoms with Gasteiger partial charge < -0.3 is 9.73 Å². The van der Waals surface area contributed by atoms with E-state index in [-0.39, 0.29) is 0 Å². The molecule has 0 fully saturated rings. The first-order valence-electron chi connectivity index (χ1n) is 7.23. The van der Waals surface area contributed by atoms with Crippen LogP contribution in [-0.2, 0) is 19.5 Å². The number of rotatable bonds is 5. The lowest BCUT2D eigenvalue weighted by molar-refractivity contribution is 0.604. The fourth-order valence-corrected chi connectivity index (χ4v) is 2.88. The van der Waals surface area contributed by atoms with E-state index in [1.165, 1.54) is 11.1 Å². The minimum atomic E-state index is 0.479. The quantitative estimate of drug-likeness (QED) is 0.722. The Labute approximate surface area is 129 Å². The summed E-state index contributed by atoms with van der Waals surface area (Å²) in [4.78, 5) is 0. The Morgan fingerprint density at radius 3 is 2.48 bits per heavy atom. The molecule has 2 nitrogen and oxygen atoms in total. The number of nitrogens with one attached hydrogen (secondary N) is 1. The van der Waals surface area contributed by atoms with Crippen LogP contribution in [-0.4, -0.2) is 0 Å². The summed E-state index contributed by atoms with van der Waals surface area (Å²) in [6.45, 7) is 3.72. The Bertz CT molecular complexity index is 748. The Balaban J connectivity index is 1.74. The molecule has 3 rings (SSSR count). The van der Waals surface area contributed by atoms with Crippen LogP contribution >= 0.6 is 11.6 Å². The number of aryl methyl sites for hydroxylation is 1. The van der Waals surface area contributed by atoms with Crippen molar-refractivity contribution in [1.82, 2.24) is 5.32 Å². The normalized spacial score (nSPS) is 11.1. The maximum atomic E-state index is 6.20. The summed E-state index contributed by atoms with van der Waals surface area (Å²) in [6, 6.07) is 16.5. The zero-order chi connectivity index (χ0) is 14.7. The molecule has 1 N–H and O–H groups in total. The van der Waals surface area contributed by atoms with Gasteiger partial charge in [-0.2, -0.15) is 0 Å². The third-order valence-corrected chi connectivity index (χ3v) is 4.07. The third-order valence-electron chi connectivity index (χ3n) is 3.77. The van der Waals surface area contributed by atoms with Gasteiger partial charge in [-0.25, -0.2) is 0 Å². The Kier molecular flexibility index (Phi) is 4.28. The molecule has 0 spiro atoms. The predicted molar refractivity (Wildman–Crippen MR) is 87.6 cm³/mol. The summed E-state index contributed by atoms with van der Waals surface area (Å²) in [6.07, 6.45) is 1.05. The summed E-state index contributed by atoms with van der Waals surface area (Å²) in [5.41, 5.74) is 4.59. The molecule has 0 atom stereocenters. The first kappa shape index (κ1) is 14.2. The molecule has 0 bridgehead atoms. The Morgan fingerprint density at radius 2 is 1.67 bits per heavy atom. The molecule has 0 aliphatic carbocycles. The van der Waals surface area contributed by atoms with Crippen molar-refractivity contribution in [3.8, 4) is 0 Å². The molecule has 108 valence electrons. The Hall–Kier alpha value is -1.77. The molecule has 0 aliphatic heterocycles. The zero-order valence-corrected chi connectivity index (χ0v) is 12.8. The second-order valence-electron chi connectivity index (χ2n) is 5.08. The summed E-state index contributed by atoms with van der Waals surface area (Å²) in [5.74, 6) is 0. The van der Waals surface area contributed by atoms with E-state index in [1.54, 1.807) is 0 Å². The molecule has 0 amide bonds. The van der Waals surface area contributed by atoms with E-state index in [0.29, 0.717) is 11.8 Å². The SMILES string of the molecule is CCc1ccccc1CNCc1c(Cl)oc2ccccc12. The molecule has 2 aromatic carbocycles. The van der Waals surface area contributed by atoms with Crippen molar-refractivity contribution in [2.75, 3.05) is 0 Å². The molecule has 0 saturated heterocycles. The van der Waals surface area contributed by atoms with Crippen molar-refractivity contribution in [2.45, 2.75) is 26.4 Å². The molecule has 0 unspecified atom stereocenters. The topological polar surface area (TPSA) is 25.2 Å². The lowest BCUT2D eigenvalue weighted by Gasteiger charge is -2.08. The number of hydrogen-bond acceptors (Lipinski definition) is 2. The lowest BCUT2D eigenvalue weighted by atomic mass is 10.1. The number of benzene rings is 2. The fourth-order valence-electron chi connectivity index (χ4n) is 2.63. The van der Waals surface area contributed by atoms with E-state index < -0.39 is 0 Å². The highest BCUT2D eigenvalue weighted by Gasteiger charge is 2.11. The van der Waals surface area contributed by atoms with E-state index in [2.05, 4.69) is 36.5 Å². The number of furan rings is 1. The largest absolute Gasteiger partial charge is 0.444 e. The highest BCUT2D eigenvalue weighted by atomic mass is 35.5. The van der Waals surface area contributed by atoms with Crippen molar-refractivity contribution in [2.24, 2.45) is 0 Å². The molecule has 1 heterocycles.